The number of rotatable bonds is 6. The molecular formula is C18H28N4O2S. The van der Waals surface area contributed by atoms with E-state index in [0.29, 0.717) is 12.3 Å². The molecule has 3 amide bonds. The Morgan fingerprint density at radius 1 is 1.24 bits per heavy atom. The molecule has 4 saturated carbocycles. The Kier molecular flexibility index (Phi) is 5.47. The van der Waals surface area contributed by atoms with E-state index in [1.54, 1.807) is 6.92 Å². The number of nitrogens with zero attached hydrogens (tertiary/aromatic N) is 2. The highest BCUT2D eigenvalue weighted by molar-refractivity contribution is 7.98. The standard InChI is InChI=1S/C18H28N4O2S/c1-3-22(11-19)16(23)15(10-25-2)20-17(24)21-18-7-12-4-13(8-18)6-14(5-12)9-18/h12-15H,3-10H2,1-2H3,(H2,20,21,24). The molecule has 6 nitrogen and oxygen atoms in total. The maximum Gasteiger partial charge on any atom is 0.315 e. The van der Waals surface area contributed by atoms with Crippen molar-refractivity contribution in [2.24, 2.45) is 17.8 Å². The van der Waals surface area contributed by atoms with Gasteiger partial charge in [0.2, 0.25) is 0 Å². The van der Waals surface area contributed by atoms with Crippen molar-refractivity contribution in [2.45, 2.75) is 57.0 Å². The number of hydrogen-bond acceptors (Lipinski definition) is 4. The van der Waals surface area contributed by atoms with Crippen molar-refractivity contribution in [2.75, 3.05) is 18.6 Å². The molecule has 0 aromatic heterocycles. The molecule has 2 N–H and O–H groups in total. The van der Waals surface area contributed by atoms with Crippen LogP contribution in [0.2, 0.25) is 0 Å². The number of urea groups is 1. The van der Waals surface area contributed by atoms with Gasteiger partial charge in [-0.1, -0.05) is 0 Å². The fourth-order valence-electron chi connectivity index (χ4n) is 5.50. The van der Waals surface area contributed by atoms with E-state index in [-0.39, 0.29) is 17.5 Å². The van der Waals surface area contributed by atoms with Crippen molar-refractivity contribution < 1.29 is 9.59 Å². The molecule has 138 valence electrons. The van der Waals surface area contributed by atoms with Gasteiger partial charge in [-0.3, -0.25) is 4.79 Å². The van der Waals surface area contributed by atoms with Gasteiger partial charge in [0.05, 0.1) is 0 Å². The lowest BCUT2D eigenvalue weighted by Gasteiger charge is -2.56. The molecule has 4 rings (SSSR count). The summed E-state index contributed by atoms with van der Waals surface area (Å²) in [6.45, 7) is 2.07. The summed E-state index contributed by atoms with van der Waals surface area (Å²) < 4.78 is 0. The minimum absolute atomic E-state index is 0.0779. The Morgan fingerprint density at radius 2 is 1.80 bits per heavy atom. The maximum absolute atomic E-state index is 12.6. The van der Waals surface area contributed by atoms with Gasteiger partial charge < -0.3 is 10.6 Å². The zero-order valence-electron chi connectivity index (χ0n) is 15.1. The van der Waals surface area contributed by atoms with Crippen molar-refractivity contribution in [3.05, 3.63) is 0 Å². The third-order valence-corrected chi connectivity index (χ3v) is 6.72. The van der Waals surface area contributed by atoms with Crippen LogP contribution in [0.1, 0.15) is 45.4 Å². The largest absolute Gasteiger partial charge is 0.333 e. The quantitative estimate of drug-likeness (QED) is 0.559. The summed E-state index contributed by atoms with van der Waals surface area (Å²) in [7, 11) is 0. The van der Waals surface area contributed by atoms with Gasteiger partial charge in [0.25, 0.3) is 5.91 Å². The van der Waals surface area contributed by atoms with E-state index in [9.17, 15) is 9.59 Å². The van der Waals surface area contributed by atoms with Crippen molar-refractivity contribution in [1.29, 1.82) is 5.26 Å². The van der Waals surface area contributed by atoms with Crippen LogP contribution in [0.4, 0.5) is 4.79 Å². The van der Waals surface area contributed by atoms with Crippen molar-refractivity contribution in [3.63, 3.8) is 0 Å². The normalized spacial score (nSPS) is 33.4. The van der Waals surface area contributed by atoms with Crippen molar-refractivity contribution >= 4 is 23.7 Å². The number of nitrogens with one attached hydrogen (secondary N) is 2. The molecule has 0 heterocycles. The monoisotopic (exact) mass is 364 g/mol. The van der Waals surface area contributed by atoms with Crippen molar-refractivity contribution in [1.82, 2.24) is 15.5 Å². The molecule has 25 heavy (non-hydrogen) atoms. The van der Waals surface area contributed by atoms with E-state index in [0.717, 1.165) is 41.9 Å². The summed E-state index contributed by atoms with van der Waals surface area (Å²) in [4.78, 5) is 26.2. The first-order valence-corrected chi connectivity index (χ1v) is 10.7. The molecule has 1 unspecified atom stereocenters. The number of thioether (sulfide) groups is 1. The molecule has 0 spiro atoms. The van der Waals surface area contributed by atoms with Gasteiger partial charge in [-0.25, -0.2) is 9.69 Å². The van der Waals surface area contributed by atoms with Crippen LogP contribution in [0, 0.1) is 29.2 Å². The molecule has 1 atom stereocenters. The zero-order valence-corrected chi connectivity index (χ0v) is 15.9. The Morgan fingerprint density at radius 3 is 2.24 bits per heavy atom. The van der Waals surface area contributed by atoms with Crippen LogP contribution in [-0.2, 0) is 4.79 Å². The highest BCUT2D eigenvalue weighted by Crippen LogP contribution is 2.55. The summed E-state index contributed by atoms with van der Waals surface area (Å²) >= 11 is 1.49. The Balaban J connectivity index is 1.62. The summed E-state index contributed by atoms with van der Waals surface area (Å²) in [6, 6.07) is -0.924. The molecule has 4 fully saturated rings. The molecule has 7 heteroatoms. The van der Waals surface area contributed by atoms with Crippen LogP contribution in [0.3, 0.4) is 0 Å². The second kappa shape index (κ2) is 7.45. The minimum atomic E-state index is -0.663. The summed E-state index contributed by atoms with van der Waals surface area (Å²) in [6.07, 6.45) is 11.0. The molecule has 4 aliphatic carbocycles. The summed E-state index contributed by atoms with van der Waals surface area (Å²) in [5, 5.41) is 15.1. The second-order valence-electron chi connectivity index (χ2n) is 7.99. The predicted octanol–water partition coefficient (Wildman–Crippen LogP) is 2.32. The second-order valence-corrected chi connectivity index (χ2v) is 8.90. The van der Waals surface area contributed by atoms with Gasteiger partial charge in [0, 0.05) is 17.8 Å². The van der Waals surface area contributed by atoms with Gasteiger partial charge in [-0.2, -0.15) is 17.0 Å². The topological polar surface area (TPSA) is 85.2 Å². The predicted molar refractivity (Wildman–Crippen MR) is 97.7 cm³/mol. The van der Waals surface area contributed by atoms with Crippen LogP contribution >= 0.6 is 11.8 Å². The van der Waals surface area contributed by atoms with Crippen LogP contribution in [-0.4, -0.2) is 47.0 Å². The zero-order chi connectivity index (χ0) is 18.0. The van der Waals surface area contributed by atoms with Gasteiger partial charge in [0.15, 0.2) is 6.19 Å². The highest BCUT2D eigenvalue weighted by atomic mass is 32.2. The summed E-state index contributed by atoms with van der Waals surface area (Å²) in [5.41, 5.74) is -0.0779. The number of carbonyl (C=O) groups excluding carboxylic acids is 2. The van der Waals surface area contributed by atoms with Crippen LogP contribution < -0.4 is 10.6 Å². The Hall–Kier alpha value is -1.42. The third-order valence-electron chi connectivity index (χ3n) is 6.06. The van der Waals surface area contributed by atoms with E-state index in [1.165, 1.54) is 31.0 Å². The number of amides is 3. The van der Waals surface area contributed by atoms with Gasteiger partial charge in [-0.05, 0) is 69.5 Å². The lowest BCUT2D eigenvalue weighted by Crippen LogP contribution is -2.63. The van der Waals surface area contributed by atoms with Gasteiger partial charge in [0.1, 0.15) is 6.04 Å². The molecular weight excluding hydrogens is 336 g/mol. The first-order chi connectivity index (χ1) is 12.0. The number of hydrogen-bond donors (Lipinski definition) is 2. The molecule has 4 bridgehead atoms. The maximum atomic E-state index is 12.6. The van der Waals surface area contributed by atoms with Gasteiger partial charge in [-0.15, -0.1) is 0 Å². The molecule has 0 aliphatic heterocycles. The Labute approximate surface area is 154 Å². The molecule has 0 aromatic rings. The average Bonchev–Trinajstić information content (AvgIpc) is 2.53. The first-order valence-electron chi connectivity index (χ1n) is 9.27. The number of likely N-dealkylation sites (N-methyl/N-ethyl adjacent to an activating group) is 1. The minimum Gasteiger partial charge on any atom is -0.333 e. The molecule has 4 aliphatic rings. The van der Waals surface area contributed by atoms with E-state index >= 15 is 0 Å². The van der Waals surface area contributed by atoms with Gasteiger partial charge >= 0.3 is 6.03 Å². The lowest BCUT2D eigenvalue weighted by atomic mass is 9.53. The first kappa shape index (κ1) is 18.4. The average molecular weight is 365 g/mol. The number of carbonyl (C=O) groups is 2. The van der Waals surface area contributed by atoms with Crippen LogP contribution in [0.15, 0.2) is 0 Å². The fraction of sp³-hybridized carbons (Fsp3) is 0.833. The molecule has 0 radical (unpaired) electrons. The molecule has 0 saturated heterocycles. The lowest BCUT2D eigenvalue weighted by molar-refractivity contribution is -0.129. The summed E-state index contributed by atoms with van der Waals surface area (Å²) in [5.74, 6) is 2.39. The third kappa shape index (κ3) is 3.89. The number of nitriles is 1. The van der Waals surface area contributed by atoms with E-state index in [2.05, 4.69) is 10.6 Å². The van der Waals surface area contributed by atoms with Crippen molar-refractivity contribution in [3.8, 4) is 6.19 Å². The molecule has 0 aromatic carbocycles. The fourth-order valence-corrected chi connectivity index (χ4v) is 6.06. The SMILES string of the molecule is CCN(C#N)C(=O)C(CSC)NC(=O)NC12CC3CC(CC(C3)C1)C2. The van der Waals surface area contributed by atoms with Crippen LogP contribution in [0.5, 0.6) is 0 Å². The van der Waals surface area contributed by atoms with E-state index in [1.807, 2.05) is 12.4 Å². The smallest absolute Gasteiger partial charge is 0.315 e. The van der Waals surface area contributed by atoms with E-state index < -0.39 is 6.04 Å². The highest BCUT2D eigenvalue weighted by Gasteiger charge is 2.51. The Bertz CT molecular complexity index is 539. The van der Waals surface area contributed by atoms with E-state index in [4.69, 9.17) is 5.26 Å². The van der Waals surface area contributed by atoms with Crippen LogP contribution in [0.25, 0.3) is 0 Å².